The summed E-state index contributed by atoms with van der Waals surface area (Å²) in [5, 5.41) is 61.0. The lowest BCUT2D eigenvalue weighted by Gasteiger charge is -2.38. The minimum absolute atomic E-state index is 0.0164. The number of aliphatic hydroxyl groups is 2. The molecule has 9 unspecified atom stereocenters. The third-order valence-electron chi connectivity index (χ3n) is 12.0. The Morgan fingerprint density at radius 3 is 2.34 bits per heavy atom. The molecule has 332 valence electrons. The number of fused-ring (bicyclic) bond motifs is 15. The third kappa shape index (κ3) is 8.73. The molecule has 4 heterocycles. The predicted octanol–water partition coefficient (Wildman–Crippen LogP) is 6.97. The van der Waals surface area contributed by atoms with Crippen molar-refractivity contribution in [1.82, 2.24) is 9.97 Å². The largest absolute Gasteiger partial charge is 0.507 e. The molecule has 4 aromatic rings. The lowest BCUT2D eigenvalue weighted by Crippen LogP contribution is -2.46. The molecular formula is C46H55N3O12S. The van der Waals surface area contributed by atoms with Crippen molar-refractivity contribution in [2.45, 2.75) is 96.9 Å². The summed E-state index contributed by atoms with van der Waals surface area (Å²) >= 11 is 1.09. The summed E-state index contributed by atoms with van der Waals surface area (Å²) in [6.07, 6.45) is 3.98. The fourth-order valence-corrected chi connectivity index (χ4v) is 9.24. The van der Waals surface area contributed by atoms with Crippen LogP contribution >= 0.6 is 11.8 Å². The van der Waals surface area contributed by atoms with E-state index in [0.29, 0.717) is 18.0 Å². The molecule has 15 nitrogen and oxygen atoms in total. The number of phenolic OH excluding ortho intramolecular Hbond substituents is 3. The van der Waals surface area contributed by atoms with Gasteiger partial charge in [0.25, 0.3) is 11.7 Å². The van der Waals surface area contributed by atoms with E-state index >= 15 is 0 Å². The minimum Gasteiger partial charge on any atom is -0.507 e. The molecule has 3 aromatic carbocycles. The first-order valence-electron chi connectivity index (χ1n) is 20.5. The van der Waals surface area contributed by atoms with E-state index in [2.05, 4.69) is 15.3 Å². The molecule has 7 rings (SSSR count). The number of Topliss-reactive ketones (excluding diaryl/α,β-unsaturated/α-hetero) is 1. The van der Waals surface area contributed by atoms with E-state index in [1.54, 1.807) is 39.8 Å². The number of hydrogen-bond donors (Lipinski definition) is 7. The molecule has 1 amide bonds. The van der Waals surface area contributed by atoms with E-state index in [0.717, 1.165) is 22.8 Å². The number of carbonyl (C=O) groups is 3. The molecular weight excluding hydrogens is 819 g/mol. The number of phenols is 3. The summed E-state index contributed by atoms with van der Waals surface area (Å²) < 4.78 is 23.7. The molecule has 62 heavy (non-hydrogen) atoms. The highest BCUT2D eigenvalue weighted by Crippen LogP contribution is 2.57. The molecule has 5 bridgehead atoms. The second-order valence-electron chi connectivity index (χ2n) is 16.3. The van der Waals surface area contributed by atoms with Gasteiger partial charge in [0.1, 0.15) is 34.9 Å². The predicted molar refractivity (Wildman–Crippen MR) is 234 cm³/mol. The van der Waals surface area contributed by atoms with E-state index in [1.807, 2.05) is 24.3 Å². The molecule has 1 aromatic heterocycles. The lowest BCUT2D eigenvalue weighted by molar-refractivity contribution is -0.160. The number of imidazole rings is 1. The van der Waals surface area contributed by atoms with Crippen LogP contribution < -0.4 is 10.1 Å². The van der Waals surface area contributed by atoms with Gasteiger partial charge < -0.3 is 54.8 Å². The van der Waals surface area contributed by atoms with Crippen molar-refractivity contribution in [2.75, 3.05) is 18.2 Å². The Bertz CT molecular complexity index is 2450. The number of ether oxygens (including phenoxy) is 4. The summed E-state index contributed by atoms with van der Waals surface area (Å²) in [4.78, 5) is 48.6. The van der Waals surface area contributed by atoms with E-state index in [-0.39, 0.29) is 43.8 Å². The maximum absolute atomic E-state index is 14.5. The van der Waals surface area contributed by atoms with Crippen molar-refractivity contribution in [3.63, 3.8) is 0 Å². The van der Waals surface area contributed by atoms with Crippen LogP contribution in [0.5, 0.6) is 23.0 Å². The second-order valence-corrected chi connectivity index (χ2v) is 17.4. The van der Waals surface area contributed by atoms with Crippen molar-refractivity contribution in [3.05, 3.63) is 77.4 Å². The number of aryl methyl sites for hydroxylation is 1. The number of methoxy groups -OCH3 is 1. The molecule has 16 heteroatoms. The van der Waals surface area contributed by atoms with Crippen LogP contribution in [-0.2, 0) is 30.2 Å². The quantitative estimate of drug-likeness (QED) is 0.0450. The highest BCUT2D eigenvalue weighted by atomic mass is 32.2. The first-order chi connectivity index (χ1) is 29.3. The van der Waals surface area contributed by atoms with Crippen molar-refractivity contribution >= 4 is 56.9 Å². The van der Waals surface area contributed by atoms with E-state index in [9.17, 15) is 39.9 Å². The van der Waals surface area contributed by atoms with Gasteiger partial charge in [0.05, 0.1) is 51.5 Å². The van der Waals surface area contributed by atoms with Crippen LogP contribution in [0.1, 0.15) is 70.2 Å². The van der Waals surface area contributed by atoms with Crippen molar-refractivity contribution < 1.29 is 58.9 Å². The zero-order chi connectivity index (χ0) is 45.4. The third-order valence-corrected chi connectivity index (χ3v) is 13.1. The van der Waals surface area contributed by atoms with Gasteiger partial charge in [-0.1, -0.05) is 58.1 Å². The number of H-pyrrole nitrogens is 1. The molecule has 0 aliphatic carbocycles. The normalized spacial score (nSPS) is 29.2. The SMILES string of the molecule is COC1/C=C/OC2(C)Oc3c(C)c(O)c4c(O)c(c(SCCc5nc6ccccc6[nH]5)c(O)c4c3C2=O)NC(=O)/C(C)=C\C=C\C(C)C(O)C(C)C(O)C(C)C(OC(C)=O)C1C. The Kier molecular flexibility index (Phi) is 13.7. The number of ketones is 1. The van der Waals surface area contributed by atoms with Gasteiger partial charge in [-0.05, 0) is 32.1 Å². The van der Waals surface area contributed by atoms with Crippen LogP contribution in [0.15, 0.2) is 65.3 Å². The summed E-state index contributed by atoms with van der Waals surface area (Å²) in [5.41, 5.74) is 1.50. The van der Waals surface area contributed by atoms with Crippen LogP contribution in [0.4, 0.5) is 5.69 Å². The molecule has 3 aliphatic heterocycles. The number of para-hydroxylation sites is 2. The number of aromatic hydroxyl groups is 3. The summed E-state index contributed by atoms with van der Waals surface area (Å²) in [7, 11) is 1.44. The van der Waals surface area contributed by atoms with Crippen molar-refractivity contribution in [2.24, 2.45) is 23.7 Å². The van der Waals surface area contributed by atoms with Gasteiger partial charge in [0.2, 0.25) is 0 Å². The molecule has 3 aliphatic rings. The number of nitrogens with one attached hydrogen (secondary N) is 2. The maximum atomic E-state index is 14.5. The second kappa shape index (κ2) is 18.4. The number of aromatic nitrogens is 2. The minimum atomic E-state index is -2.04. The molecule has 9 atom stereocenters. The molecule has 7 N–H and O–H groups in total. The topological polar surface area (TPSA) is 230 Å². The highest BCUT2D eigenvalue weighted by Gasteiger charge is 2.50. The number of aliphatic hydroxyl groups excluding tert-OH is 2. The van der Waals surface area contributed by atoms with Crippen molar-refractivity contribution in [1.29, 1.82) is 0 Å². The Balaban J connectivity index is 1.48. The number of rotatable bonds is 6. The van der Waals surface area contributed by atoms with Crippen LogP contribution in [0.3, 0.4) is 0 Å². The Morgan fingerprint density at radius 1 is 0.952 bits per heavy atom. The Morgan fingerprint density at radius 2 is 1.66 bits per heavy atom. The van der Waals surface area contributed by atoms with Crippen LogP contribution in [0.2, 0.25) is 0 Å². The zero-order valence-corrected chi connectivity index (χ0v) is 37.0. The number of thioether (sulfide) groups is 1. The average Bonchev–Trinajstić information content (AvgIpc) is 3.78. The number of esters is 1. The van der Waals surface area contributed by atoms with E-state index < -0.39 is 88.8 Å². The molecule has 0 radical (unpaired) electrons. The number of nitrogens with zero attached hydrogens (tertiary/aromatic N) is 1. The van der Waals surface area contributed by atoms with Gasteiger partial charge in [-0.2, -0.15) is 0 Å². The molecule has 0 fully saturated rings. The average molecular weight is 874 g/mol. The summed E-state index contributed by atoms with van der Waals surface area (Å²) in [6, 6.07) is 7.54. The van der Waals surface area contributed by atoms with E-state index in [1.165, 1.54) is 53.2 Å². The van der Waals surface area contributed by atoms with Gasteiger partial charge >= 0.3 is 11.8 Å². The number of amides is 1. The van der Waals surface area contributed by atoms with Crippen LogP contribution in [-0.4, -0.2) is 96.2 Å². The monoisotopic (exact) mass is 873 g/mol. The van der Waals surface area contributed by atoms with Gasteiger partial charge in [0, 0.05) is 73.3 Å². The van der Waals surface area contributed by atoms with Gasteiger partial charge in [-0.15, -0.1) is 11.8 Å². The molecule has 0 saturated heterocycles. The molecule has 0 saturated carbocycles. The Labute approximate surface area is 363 Å². The number of anilines is 1. The smallest absolute Gasteiger partial charge is 0.312 e. The van der Waals surface area contributed by atoms with Crippen LogP contribution in [0.25, 0.3) is 21.8 Å². The van der Waals surface area contributed by atoms with Gasteiger partial charge in [-0.3, -0.25) is 14.4 Å². The summed E-state index contributed by atoms with van der Waals surface area (Å²) in [6.45, 7) is 12.6. The standard InChI is InChI=1S/C46H55N3O12S/c1-21-13-12-14-22(2)45(57)49-35-39(54)33-32(40(55)43(35)62-20-18-31-47-28-15-10-11-16-29(28)48-31)34-42(26(6)38(33)53)61-46(8,44(34)56)59-19-17-30(58-9)23(3)41(60-27(7)50)25(5)37(52)24(4)36(21)51/h10-17,19,21,23-25,30,36-37,41,51-55H,18,20H2,1-9H3,(H,47,48)(H,49,57)/b13-12+,19-17+,22-14-. The molecule has 0 spiro atoms. The number of carbonyl (C=O) groups excluding carboxylic acids is 3. The van der Waals surface area contributed by atoms with Crippen molar-refractivity contribution in [3.8, 4) is 23.0 Å². The van der Waals surface area contributed by atoms with Gasteiger partial charge in [-0.25, -0.2) is 4.98 Å². The van der Waals surface area contributed by atoms with Gasteiger partial charge in [0.15, 0.2) is 5.75 Å². The number of aromatic amines is 1. The highest BCUT2D eigenvalue weighted by molar-refractivity contribution is 7.99. The lowest BCUT2D eigenvalue weighted by atomic mass is 9.78. The fourth-order valence-electron chi connectivity index (χ4n) is 8.21. The Hall–Kier alpha value is -5.55. The number of hydrogen-bond acceptors (Lipinski definition) is 14. The van der Waals surface area contributed by atoms with E-state index in [4.69, 9.17) is 18.9 Å². The number of allylic oxidation sites excluding steroid dienone is 2. The van der Waals surface area contributed by atoms with Crippen LogP contribution in [0, 0.1) is 30.6 Å². The maximum Gasteiger partial charge on any atom is 0.312 e. The first kappa shape index (κ1) is 46.0. The first-order valence-corrected chi connectivity index (χ1v) is 21.4. The zero-order valence-electron chi connectivity index (χ0n) is 36.2. The summed E-state index contributed by atoms with van der Waals surface area (Å²) in [5.74, 6) is -7.25. The number of benzene rings is 3. The fraction of sp³-hybridized carbons (Fsp3) is 0.435.